The number of nitrogens with zero attached hydrogens (tertiary/aromatic N) is 3. The minimum Gasteiger partial charge on any atom is -0.450 e. The van der Waals surface area contributed by atoms with Crippen molar-refractivity contribution in [3.63, 3.8) is 0 Å². The second kappa shape index (κ2) is 7.48. The number of nitro groups is 2. The first-order valence-corrected chi connectivity index (χ1v) is 8.50. The molecule has 28 heavy (non-hydrogen) atoms. The highest BCUT2D eigenvalue weighted by Crippen LogP contribution is 2.35. The molecule has 11 heteroatoms. The van der Waals surface area contributed by atoms with E-state index >= 15 is 0 Å². The molecule has 0 aliphatic carbocycles. The van der Waals surface area contributed by atoms with E-state index in [-0.39, 0.29) is 21.6 Å². The largest absolute Gasteiger partial charge is 0.450 e. The Hall–Kier alpha value is -3.73. The predicted octanol–water partition coefficient (Wildman–Crippen LogP) is 3.96. The van der Waals surface area contributed by atoms with Crippen LogP contribution in [0.2, 0.25) is 0 Å². The first-order chi connectivity index (χ1) is 13.3. The lowest BCUT2D eigenvalue weighted by Crippen LogP contribution is -2.22. The second-order valence-corrected chi connectivity index (χ2v) is 6.57. The van der Waals surface area contributed by atoms with Crippen molar-refractivity contribution in [1.29, 1.82) is 0 Å². The molecule has 2 amide bonds. The molecule has 3 rings (SSSR count). The molecule has 0 atom stereocenters. The van der Waals surface area contributed by atoms with Crippen LogP contribution in [0, 0.1) is 20.2 Å². The number of non-ortho nitro benzene ring substituents is 1. The monoisotopic (exact) mass is 401 g/mol. The van der Waals surface area contributed by atoms with Gasteiger partial charge in [0.15, 0.2) is 0 Å². The Morgan fingerprint density at radius 1 is 1.04 bits per heavy atom. The second-order valence-electron chi connectivity index (χ2n) is 5.58. The van der Waals surface area contributed by atoms with Crippen molar-refractivity contribution in [3.05, 3.63) is 73.2 Å². The average molecular weight is 401 g/mol. The SMILES string of the molecule is CN1C(=O)S/C(=C\c2ccc(Oc3ccc([N+](=O)[O-])cc3[N+](=O)[O-])cc2)C1=O. The number of nitro benzene ring substituents is 2. The zero-order chi connectivity index (χ0) is 20.4. The quantitative estimate of drug-likeness (QED) is 0.417. The van der Waals surface area contributed by atoms with Gasteiger partial charge < -0.3 is 4.74 Å². The molecule has 0 bridgehead atoms. The molecule has 2 aromatic carbocycles. The normalized spacial score (nSPS) is 15.2. The highest BCUT2D eigenvalue weighted by molar-refractivity contribution is 8.18. The van der Waals surface area contributed by atoms with E-state index in [4.69, 9.17) is 4.74 Å². The van der Waals surface area contributed by atoms with Gasteiger partial charge in [0.2, 0.25) is 5.75 Å². The summed E-state index contributed by atoms with van der Waals surface area (Å²) in [7, 11) is 1.40. The number of likely N-dealkylation sites (N-methyl/N-ethyl adjacent to an activating group) is 1. The number of thioether (sulfide) groups is 1. The number of hydrogen-bond donors (Lipinski definition) is 0. The van der Waals surface area contributed by atoms with Crippen LogP contribution >= 0.6 is 11.8 Å². The van der Waals surface area contributed by atoms with Crippen molar-refractivity contribution >= 4 is 40.4 Å². The van der Waals surface area contributed by atoms with Crippen LogP contribution in [0.4, 0.5) is 16.2 Å². The van der Waals surface area contributed by atoms with Crippen molar-refractivity contribution in [1.82, 2.24) is 4.90 Å². The molecule has 2 aromatic rings. The minimum atomic E-state index is -0.766. The first-order valence-electron chi connectivity index (χ1n) is 7.68. The van der Waals surface area contributed by atoms with E-state index in [2.05, 4.69) is 0 Å². The summed E-state index contributed by atoms with van der Waals surface area (Å²) in [5, 5.41) is 21.6. The van der Waals surface area contributed by atoms with Gasteiger partial charge in [-0.15, -0.1) is 0 Å². The van der Waals surface area contributed by atoms with E-state index in [0.29, 0.717) is 5.56 Å². The molecule has 1 aliphatic heterocycles. The lowest BCUT2D eigenvalue weighted by molar-refractivity contribution is -0.394. The van der Waals surface area contributed by atoms with Crippen molar-refractivity contribution in [2.75, 3.05) is 7.05 Å². The van der Waals surface area contributed by atoms with Crippen LogP contribution in [0.25, 0.3) is 6.08 Å². The molecular weight excluding hydrogens is 390 g/mol. The van der Waals surface area contributed by atoms with Crippen LogP contribution in [0.15, 0.2) is 47.4 Å². The zero-order valence-corrected chi connectivity index (χ0v) is 15.0. The van der Waals surface area contributed by atoms with Crippen molar-refractivity contribution < 1.29 is 24.2 Å². The number of rotatable bonds is 5. The number of carbonyl (C=O) groups excluding carboxylic acids is 2. The van der Waals surface area contributed by atoms with Crippen LogP contribution in [-0.4, -0.2) is 32.9 Å². The van der Waals surface area contributed by atoms with E-state index in [0.717, 1.165) is 34.9 Å². The number of amides is 2. The fourth-order valence-corrected chi connectivity index (χ4v) is 3.13. The fraction of sp³-hybridized carbons (Fsp3) is 0.0588. The van der Waals surface area contributed by atoms with Gasteiger partial charge in [0.25, 0.3) is 16.8 Å². The molecule has 10 nitrogen and oxygen atoms in total. The molecule has 0 unspecified atom stereocenters. The summed E-state index contributed by atoms with van der Waals surface area (Å²) in [6.45, 7) is 0. The Balaban J connectivity index is 1.82. The number of hydrogen-bond acceptors (Lipinski definition) is 8. The maximum absolute atomic E-state index is 11.9. The summed E-state index contributed by atoms with van der Waals surface area (Å²) >= 11 is 0.830. The van der Waals surface area contributed by atoms with Gasteiger partial charge in [0.05, 0.1) is 20.8 Å². The third-order valence-corrected chi connectivity index (χ3v) is 4.70. The summed E-state index contributed by atoms with van der Waals surface area (Å²) < 4.78 is 5.47. The minimum absolute atomic E-state index is 0.143. The Morgan fingerprint density at radius 3 is 2.25 bits per heavy atom. The van der Waals surface area contributed by atoms with Gasteiger partial charge in [-0.2, -0.15) is 0 Å². The molecule has 142 valence electrons. The maximum Gasteiger partial charge on any atom is 0.318 e. The van der Waals surface area contributed by atoms with Crippen LogP contribution in [0.1, 0.15) is 5.56 Å². The summed E-state index contributed by atoms with van der Waals surface area (Å²) in [5.41, 5.74) is -0.321. The van der Waals surface area contributed by atoms with E-state index in [9.17, 15) is 29.8 Å². The van der Waals surface area contributed by atoms with Gasteiger partial charge >= 0.3 is 5.69 Å². The molecule has 0 saturated carbocycles. The smallest absolute Gasteiger partial charge is 0.318 e. The van der Waals surface area contributed by atoms with Crippen molar-refractivity contribution in [3.8, 4) is 11.5 Å². The number of ether oxygens (including phenoxy) is 1. The average Bonchev–Trinajstić information content (AvgIpc) is 2.90. The number of benzene rings is 2. The lowest BCUT2D eigenvalue weighted by Gasteiger charge is -2.06. The molecule has 1 aliphatic rings. The standard InChI is InChI=1S/C17H11N3O7S/c1-18-16(21)15(28-17(18)22)8-10-2-5-12(6-3-10)27-14-7-4-11(19(23)24)9-13(14)20(25)26/h2-9H,1H3/b15-8-. The predicted molar refractivity (Wildman–Crippen MR) is 100 cm³/mol. The van der Waals surface area contributed by atoms with E-state index in [1.54, 1.807) is 18.2 Å². The Labute approximate surface area is 161 Å². The van der Waals surface area contributed by atoms with Crippen LogP contribution in [0.3, 0.4) is 0 Å². The zero-order valence-electron chi connectivity index (χ0n) is 14.2. The fourth-order valence-electron chi connectivity index (χ4n) is 2.30. The number of imide groups is 1. The molecule has 0 aromatic heterocycles. The molecule has 1 fully saturated rings. The molecule has 1 saturated heterocycles. The number of carbonyl (C=O) groups is 2. The van der Waals surface area contributed by atoms with Gasteiger partial charge in [-0.25, -0.2) is 0 Å². The summed E-state index contributed by atoms with van der Waals surface area (Å²) in [5.74, 6) is -0.273. The molecule has 0 spiro atoms. The van der Waals surface area contributed by atoms with Crippen LogP contribution < -0.4 is 4.74 Å². The summed E-state index contributed by atoms with van der Waals surface area (Å²) in [6.07, 6.45) is 1.55. The van der Waals surface area contributed by atoms with Crippen molar-refractivity contribution in [2.45, 2.75) is 0 Å². The summed E-state index contributed by atoms with van der Waals surface area (Å²) in [6, 6.07) is 9.34. The van der Waals surface area contributed by atoms with Gasteiger partial charge in [-0.05, 0) is 41.6 Å². The third-order valence-electron chi connectivity index (χ3n) is 3.74. The van der Waals surface area contributed by atoms with Gasteiger partial charge in [0.1, 0.15) is 5.75 Å². The Bertz CT molecular complexity index is 1030. The van der Waals surface area contributed by atoms with Gasteiger partial charge in [-0.1, -0.05) is 12.1 Å². The lowest BCUT2D eigenvalue weighted by atomic mass is 10.2. The molecular formula is C17H11N3O7S. The van der Waals surface area contributed by atoms with Gasteiger partial charge in [0, 0.05) is 13.1 Å². The van der Waals surface area contributed by atoms with Crippen LogP contribution in [-0.2, 0) is 4.79 Å². The molecule has 0 N–H and O–H groups in total. The summed E-state index contributed by atoms with van der Waals surface area (Å²) in [4.78, 5) is 45.1. The van der Waals surface area contributed by atoms with E-state index in [1.165, 1.54) is 19.2 Å². The third kappa shape index (κ3) is 3.83. The Morgan fingerprint density at radius 2 is 1.71 bits per heavy atom. The van der Waals surface area contributed by atoms with E-state index < -0.39 is 27.1 Å². The maximum atomic E-state index is 11.9. The van der Waals surface area contributed by atoms with Gasteiger partial charge in [-0.3, -0.25) is 34.7 Å². The highest BCUT2D eigenvalue weighted by atomic mass is 32.2. The Kier molecular flexibility index (Phi) is 5.09. The highest BCUT2D eigenvalue weighted by Gasteiger charge is 2.31. The van der Waals surface area contributed by atoms with Crippen molar-refractivity contribution in [2.24, 2.45) is 0 Å². The topological polar surface area (TPSA) is 133 Å². The molecule has 0 radical (unpaired) electrons. The first kappa shape index (κ1) is 19.0. The van der Waals surface area contributed by atoms with Crippen LogP contribution in [0.5, 0.6) is 11.5 Å². The van der Waals surface area contributed by atoms with E-state index in [1.807, 2.05) is 0 Å². The molecule has 1 heterocycles.